The number of anilines is 3. The van der Waals surface area contributed by atoms with Crippen LogP contribution in [-0.2, 0) is 16.4 Å². The molecule has 4 rings (SSSR count). The van der Waals surface area contributed by atoms with Crippen LogP contribution in [0.15, 0.2) is 54.9 Å². The van der Waals surface area contributed by atoms with Gasteiger partial charge in [-0.05, 0) is 36.2 Å². The molecular formula is C20H20N4O3S. The van der Waals surface area contributed by atoms with Crippen molar-refractivity contribution < 1.29 is 13.2 Å². The number of aromatic nitrogens is 2. The number of benzene rings is 2. The maximum absolute atomic E-state index is 12.0. The highest BCUT2D eigenvalue weighted by Gasteiger charge is 2.26. The molecule has 0 aliphatic carbocycles. The Morgan fingerprint density at radius 3 is 2.71 bits per heavy atom. The Kier molecular flexibility index (Phi) is 4.64. The van der Waals surface area contributed by atoms with Gasteiger partial charge in [0.25, 0.3) is 0 Å². The lowest BCUT2D eigenvalue weighted by atomic mass is 10.1. The summed E-state index contributed by atoms with van der Waals surface area (Å²) in [5.41, 5.74) is 4.10. The molecule has 3 aromatic rings. The van der Waals surface area contributed by atoms with Crippen LogP contribution in [0, 0.1) is 0 Å². The Morgan fingerprint density at radius 1 is 1.11 bits per heavy atom. The van der Waals surface area contributed by atoms with Gasteiger partial charge in [-0.1, -0.05) is 18.2 Å². The van der Waals surface area contributed by atoms with Gasteiger partial charge < -0.3 is 10.1 Å². The highest BCUT2D eigenvalue weighted by Crippen LogP contribution is 2.34. The van der Waals surface area contributed by atoms with Crippen molar-refractivity contribution in [3.63, 3.8) is 0 Å². The highest BCUT2D eigenvalue weighted by atomic mass is 32.2. The van der Waals surface area contributed by atoms with Gasteiger partial charge >= 0.3 is 0 Å². The number of nitrogens with one attached hydrogen (secondary N) is 1. The molecule has 1 aliphatic rings. The number of para-hydroxylation sites is 1. The highest BCUT2D eigenvalue weighted by molar-refractivity contribution is 7.92. The Bertz CT molecular complexity index is 1130. The molecule has 2 heterocycles. The van der Waals surface area contributed by atoms with Gasteiger partial charge in [-0.3, -0.25) is 4.31 Å². The van der Waals surface area contributed by atoms with Gasteiger partial charge in [0.2, 0.25) is 10.0 Å². The zero-order chi connectivity index (χ0) is 19.7. The van der Waals surface area contributed by atoms with Crippen LogP contribution in [0.2, 0.25) is 0 Å². The molecule has 0 bridgehead atoms. The number of hydrogen-bond donors (Lipinski definition) is 1. The summed E-state index contributed by atoms with van der Waals surface area (Å²) in [6.45, 7) is 0.475. The van der Waals surface area contributed by atoms with Gasteiger partial charge in [-0.2, -0.15) is 0 Å². The minimum absolute atomic E-state index is 0.475. The van der Waals surface area contributed by atoms with E-state index >= 15 is 0 Å². The van der Waals surface area contributed by atoms with Gasteiger partial charge in [-0.15, -0.1) is 0 Å². The van der Waals surface area contributed by atoms with Gasteiger partial charge in [0.05, 0.1) is 24.7 Å². The summed E-state index contributed by atoms with van der Waals surface area (Å²) in [7, 11) is -1.67. The maximum Gasteiger partial charge on any atom is 0.232 e. The molecule has 144 valence electrons. The van der Waals surface area contributed by atoms with Crippen LogP contribution in [0.5, 0.6) is 5.75 Å². The summed E-state index contributed by atoms with van der Waals surface area (Å²) >= 11 is 0. The van der Waals surface area contributed by atoms with E-state index in [4.69, 9.17) is 4.74 Å². The van der Waals surface area contributed by atoms with E-state index in [0.29, 0.717) is 24.5 Å². The summed E-state index contributed by atoms with van der Waals surface area (Å²) in [6, 6.07) is 15.2. The van der Waals surface area contributed by atoms with E-state index < -0.39 is 10.0 Å². The Hall–Kier alpha value is -3.13. The number of sulfonamides is 1. The molecule has 0 fully saturated rings. The monoisotopic (exact) mass is 396 g/mol. The lowest BCUT2D eigenvalue weighted by Crippen LogP contribution is -2.27. The summed E-state index contributed by atoms with van der Waals surface area (Å²) < 4.78 is 30.8. The third-order valence-corrected chi connectivity index (χ3v) is 5.84. The minimum atomic E-state index is -3.29. The molecule has 28 heavy (non-hydrogen) atoms. The van der Waals surface area contributed by atoms with Crippen LogP contribution < -0.4 is 14.4 Å². The summed E-state index contributed by atoms with van der Waals surface area (Å²) in [6.07, 6.45) is 3.43. The molecule has 2 aromatic carbocycles. The molecule has 8 heteroatoms. The second-order valence-electron chi connectivity index (χ2n) is 6.54. The first-order valence-corrected chi connectivity index (χ1v) is 10.6. The SMILES string of the molecule is COc1ccccc1-c1cc(Nc2ccc3c(c2)N(S(C)(=O)=O)CC3)ncn1. The molecule has 0 atom stereocenters. The first-order valence-electron chi connectivity index (χ1n) is 8.79. The molecule has 0 radical (unpaired) electrons. The first kappa shape index (κ1) is 18.2. The quantitative estimate of drug-likeness (QED) is 0.713. The number of fused-ring (bicyclic) bond motifs is 1. The molecule has 0 spiro atoms. The lowest BCUT2D eigenvalue weighted by molar-refractivity contribution is 0.416. The number of hydrogen-bond acceptors (Lipinski definition) is 6. The topological polar surface area (TPSA) is 84.4 Å². The zero-order valence-electron chi connectivity index (χ0n) is 15.6. The van der Waals surface area contributed by atoms with Crippen LogP contribution in [0.3, 0.4) is 0 Å². The van der Waals surface area contributed by atoms with Crippen LogP contribution in [0.25, 0.3) is 11.3 Å². The third-order valence-electron chi connectivity index (χ3n) is 4.66. The van der Waals surface area contributed by atoms with E-state index in [1.165, 1.54) is 16.9 Å². The zero-order valence-corrected chi connectivity index (χ0v) is 16.4. The second kappa shape index (κ2) is 7.12. The van der Waals surface area contributed by atoms with Crippen molar-refractivity contribution in [2.24, 2.45) is 0 Å². The average molecular weight is 396 g/mol. The predicted octanol–water partition coefficient (Wildman–Crippen LogP) is 3.22. The van der Waals surface area contributed by atoms with Crippen molar-refractivity contribution >= 4 is 27.2 Å². The summed E-state index contributed by atoms with van der Waals surface area (Å²) in [5, 5.41) is 3.24. The largest absolute Gasteiger partial charge is 0.496 e. The van der Waals surface area contributed by atoms with Crippen molar-refractivity contribution in [3.8, 4) is 17.0 Å². The Balaban J connectivity index is 1.64. The number of rotatable bonds is 5. The van der Waals surface area contributed by atoms with E-state index in [1.54, 1.807) is 7.11 Å². The minimum Gasteiger partial charge on any atom is -0.496 e. The summed E-state index contributed by atoms with van der Waals surface area (Å²) in [5.74, 6) is 1.34. The average Bonchev–Trinajstić information content (AvgIpc) is 3.12. The molecule has 1 aromatic heterocycles. The second-order valence-corrected chi connectivity index (χ2v) is 8.45. The number of ether oxygens (including phenoxy) is 1. The van der Waals surface area contributed by atoms with Gasteiger partial charge in [0, 0.05) is 23.9 Å². The van der Waals surface area contributed by atoms with Crippen LogP contribution >= 0.6 is 0 Å². The van der Waals surface area contributed by atoms with Crippen LogP contribution in [-0.4, -0.2) is 38.3 Å². The van der Waals surface area contributed by atoms with Crippen LogP contribution in [0.1, 0.15) is 5.56 Å². The first-order chi connectivity index (χ1) is 13.5. The van der Waals surface area contributed by atoms with Crippen LogP contribution in [0.4, 0.5) is 17.2 Å². The van der Waals surface area contributed by atoms with E-state index in [1.807, 2.05) is 48.5 Å². The molecule has 7 nitrogen and oxygen atoms in total. The lowest BCUT2D eigenvalue weighted by Gasteiger charge is -2.17. The molecule has 1 N–H and O–H groups in total. The molecule has 0 saturated carbocycles. The standard InChI is InChI=1S/C20H20N4O3S/c1-27-19-6-4-3-5-16(19)17-12-20(22-13-21-17)23-15-8-7-14-9-10-24(18(14)11-15)28(2,25)26/h3-8,11-13H,9-10H2,1-2H3,(H,21,22,23). The summed E-state index contributed by atoms with van der Waals surface area (Å²) in [4.78, 5) is 8.63. The van der Waals surface area contributed by atoms with Gasteiger partial charge in [0.15, 0.2) is 0 Å². The fourth-order valence-corrected chi connectivity index (χ4v) is 4.30. The van der Waals surface area contributed by atoms with E-state index in [2.05, 4.69) is 15.3 Å². The van der Waals surface area contributed by atoms with Crippen molar-refractivity contribution in [3.05, 3.63) is 60.4 Å². The van der Waals surface area contributed by atoms with E-state index in [9.17, 15) is 8.42 Å². The predicted molar refractivity (Wildman–Crippen MR) is 110 cm³/mol. The van der Waals surface area contributed by atoms with Crippen molar-refractivity contribution in [1.82, 2.24) is 9.97 Å². The number of methoxy groups -OCH3 is 1. The Labute approximate surface area is 164 Å². The van der Waals surface area contributed by atoms with Gasteiger partial charge in [-0.25, -0.2) is 18.4 Å². The fourth-order valence-electron chi connectivity index (χ4n) is 3.35. The van der Waals surface area contributed by atoms with E-state index in [-0.39, 0.29) is 0 Å². The Morgan fingerprint density at radius 2 is 1.93 bits per heavy atom. The molecule has 0 unspecified atom stereocenters. The number of nitrogens with zero attached hydrogens (tertiary/aromatic N) is 3. The van der Waals surface area contributed by atoms with Crippen molar-refractivity contribution in [1.29, 1.82) is 0 Å². The van der Waals surface area contributed by atoms with Gasteiger partial charge in [0.1, 0.15) is 17.9 Å². The van der Waals surface area contributed by atoms with E-state index in [0.717, 1.165) is 28.3 Å². The molecule has 0 saturated heterocycles. The van der Waals surface area contributed by atoms with Crippen molar-refractivity contribution in [2.75, 3.05) is 29.5 Å². The maximum atomic E-state index is 12.0. The fraction of sp³-hybridized carbons (Fsp3) is 0.200. The van der Waals surface area contributed by atoms with Crippen molar-refractivity contribution in [2.45, 2.75) is 6.42 Å². The molecular weight excluding hydrogens is 376 g/mol. The smallest absolute Gasteiger partial charge is 0.232 e. The third kappa shape index (κ3) is 3.50. The molecule has 1 aliphatic heterocycles. The molecule has 0 amide bonds. The normalized spacial score (nSPS) is 13.3.